The van der Waals surface area contributed by atoms with Gasteiger partial charge in [0.25, 0.3) is 0 Å². The van der Waals surface area contributed by atoms with Crippen LogP contribution in [0.2, 0.25) is 0 Å². The van der Waals surface area contributed by atoms with Crippen LogP contribution in [0.3, 0.4) is 0 Å². The zero-order chi connectivity index (χ0) is 12.3. The van der Waals surface area contributed by atoms with E-state index in [0.717, 1.165) is 15.7 Å². The third kappa shape index (κ3) is 3.32. The van der Waals surface area contributed by atoms with Crippen LogP contribution in [0.15, 0.2) is 22.7 Å². The molecule has 0 aliphatic rings. The maximum Gasteiger partial charge on any atom is 0.241 e. The Bertz CT molecular complexity index is 391. The number of aryl methyl sites for hydroxylation is 1. The predicted molar refractivity (Wildman–Crippen MR) is 70.3 cm³/mol. The molecule has 1 aromatic rings. The molecule has 1 amide bonds. The molecule has 1 aromatic carbocycles. The van der Waals surface area contributed by atoms with Gasteiger partial charge >= 0.3 is 0 Å². The van der Waals surface area contributed by atoms with Crippen molar-refractivity contribution in [1.29, 1.82) is 0 Å². The highest BCUT2D eigenvalue weighted by atomic mass is 79.9. The zero-order valence-electron chi connectivity index (χ0n) is 9.75. The Morgan fingerprint density at radius 3 is 2.56 bits per heavy atom. The Morgan fingerprint density at radius 1 is 1.44 bits per heavy atom. The molecule has 0 aliphatic carbocycles. The maximum atomic E-state index is 11.7. The van der Waals surface area contributed by atoms with Crippen LogP contribution < -0.4 is 11.1 Å². The lowest BCUT2D eigenvalue weighted by atomic mass is 10.0. The van der Waals surface area contributed by atoms with Crippen LogP contribution in [0.4, 0.5) is 5.69 Å². The second-order valence-electron chi connectivity index (χ2n) is 4.22. The molecule has 0 aromatic heterocycles. The molecule has 0 saturated carbocycles. The summed E-state index contributed by atoms with van der Waals surface area (Å²) < 4.78 is 0.975. The van der Waals surface area contributed by atoms with Crippen molar-refractivity contribution in [2.24, 2.45) is 11.7 Å². The number of nitrogens with one attached hydrogen (secondary N) is 1. The molecule has 0 spiro atoms. The van der Waals surface area contributed by atoms with E-state index in [-0.39, 0.29) is 11.8 Å². The molecule has 3 nitrogen and oxygen atoms in total. The monoisotopic (exact) mass is 284 g/mol. The summed E-state index contributed by atoms with van der Waals surface area (Å²) in [4.78, 5) is 11.7. The first-order chi connectivity index (χ1) is 7.41. The van der Waals surface area contributed by atoms with E-state index < -0.39 is 6.04 Å². The summed E-state index contributed by atoms with van der Waals surface area (Å²) in [5.74, 6) is -0.0142. The molecule has 1 rings (SSSR count). The summed E-state index contributed by atoms with van der Waals surface area (Å²) in [6.45, 7) is 5.85. The van der Waals surface area contributed by atoms with Crippen LogP contribution in [0.1, 0.15) is 19.4 Å². The second kappa shape index (κ2) is 5.46. The molecule has 16 heavy (non-hydrogen) atoms. The third-order valence-corrected chi connectivity index (χ3v) is 3.31. The van der Waals surface area contributed by atoms with E-state index in [1.54, 1.807) is 0 Å². The van der Waals surface area contributed by atoms with E-state index in [9.17, 15) is 4.79 Å². The highest BCUT2D eigenvalue weighted by molar-refractivity contribution is 9.10. The topological polar surface area (TPSA) is 55.1 Å². The van der Waals surface area contributed by atoms with Gasteiger partial charge in [-0.25, -0.2) is 0 Å². The summed E-state index contributed by atoms with van der Waals surface area (Å²) in [5, 5.41) is 2.80. The first-order valence-corrected chi connectivity index (χ1v) is 6.03. The number of hydrogen-bond donors (Lipinski definition) is 2. The number of amides is 1. The van der Waals surface area contributed by atoms with Crippen LogP contribution in [0.25, 0.3) is 0 Å². The minimum absolute atomic E-state index is 0.133. The Labute approximate surface area is 105 Å². The fraction of sp³-hybridized carbons (Fsp3) is 0.417. The minimum atomic E-state index is -0.472. The van der Waals surface area contributed by atoms with Crippen LogP contribution >= 0.6 is 15.9 Å². The smallest absolute Gasteiger partial charge is 0.241 e. The van der Waals surface area contributed by atoms with Crippen molar-refractivity contribution in [3.63, 3.8) is 0 Å². The summed E-state index contributed by atoms with van der Waals surface area (Å²) in [7, 11) is 0. The lowest BCUT2D eigenvalue weighted by Gasteiger charge is -2.15. The van der Waals surface area contributed by atoms with Crippen molar-refractivity contribution < 1.29 is 4.79 Å². The van der Waals surface area contributed by atoms with Crippen molar-refractivity contribution in [3.05, 3.63) is 28.2 Å². The van der Waals surface area contributed by atoms with Crippen molar-refractivity contribution >= 4 is 27.5 Å². The maximum absolute atomic E-state index is 11.7. The summed E-state index contributed by atoms with van der Waals surface area (Å²) in [6.07, 6.45) is 0. The molecule has 0 aliphatic heterocycles. The number of rotatable bonds is 3. The lowest BCUT2D eigenvalue weighted by Crippen LogP contribution is -2.39. The molecule has 4 heteroatoms. The van der Waals surface area contributed by atoms with Gasteiger partial charge in [0.2, 0.25) is 5.91 Å². The van der Waals surface area contributed by atoms with Gasteiger partial charge in [-0.2, -0.15) is 0 Å². The third-order valence-electron chi connectivity index (χ3n) is 2.46. The fourth-order valence-corrected chi connectivity index (χ4v) is 1.58. The number of hydrogen-bond acceptors (Lipinski definition) is 2. The first kappa shape index (κ1) is 13.2. The van der Waals surface area contributed by atoms with Crippen molar-refractivity contribution in [3.8, 4) is 0 Å². The average molecular weight is 285 g/mol. The SMILES string of the molecule is Cc1ccc(NC(=O)C(N)C(C)C)cc1Br. The Balaban J connectivity index is 2.74. The van der Waals surface area contributed by atoms with Crippen LogP contribution in [0.5, 0.6) is 0 Å². The summed E-state index contributed by atoms with van der Waals surface area (Å²) in [5.41, 5.74) is 7.65. The molecule has 0 heterocycles. The van der Waals surface area contributed by atoms with Crippen LogP contribution in [-0.4, -0.2) is 11.9 Å². The average Bonchev–Trinajstić information content (AvgIpc) is 2.22. The summed E-state index contributed by atoms with van der Waals surface area (Å²) in [6, 6.07) is 5.21. The van der Waals surface area contributed by atoms with Gasteiger partial charge in [-0.05, 0) is 30.5 Å². The number of halogens is 1. The van der Waals surface area contributed by atoms with Crippen molar-refractivity contribution in [2.45, 2.75) is 26.8 Å². The highest BCUT2D eigenvalue weighted by Crippen LogP contribution is 2.20. The van der Waals surface area contributed by atoms with Crippen molar-refractivity contribution in [2.75, 3.05) is 5.32 Å². The number of nitrogens with two attached hydrogens (primary N) is 1. The molecule has 0 saturated heterocycles. The van der Waals surface area contributed by atoms with Gasteiger partial charge in [0.05, 0.1) is 6.04 Å². The zero-order valence-corrected chi connectivity index (χ0v) is 11.3. The molecule has 88 valence electrons. The molecular weight excluding hydrogens is 268 g/mol. The Hall–Kier alpha value is -0.870. The second-order valence-corrected chi connectivity index (χ2v) is 5.08. The molecule has 3 N–H and O–H groups in total. The fourth-order valence-electron chi connectivity index (χ4n) is 1.20. The molecule has 1 unspecified atom stereocenters. The first-order valence-electron chi connectivity index (χ1n) is 5.24. The Morgan fingerprint density at radius 2 is 2.06 bits per heavy atom. The number of carbonyl (C=O) groups excluding carboxylic acids is 1. The van der Waals surface area contributed by atoms with E-state index in [4.69, 9.17) is 5.73 Å². The van der Waals surface area contributed by atoms with E-state index >= 15 is 0 Å². The highest BCUT2D eigenvalue weighted by Gasteiger charge is 2.17. The Kier molecular flexibility index (Phi) is 4.50. The molecule has 0 radical (unpaired) electrons. The van der Waals surface area contributed by atoms with Gasteiger partial charge in [0.1, 0.15) is 0 Å². The van der Waals surface area contributed by atoms with Gasteiger partial charge in [-0.15, -0.1) is 0 Å². The standard InChI is InChI=1S/C12H17BrN2O/c1-7(2)11(14)12(16)15-9-5-4-8(3)10(13)6-9/h4-7,11H,14H2,1-3H3,(H,15,16). The van der Waals surface area contributed by atoms with E-state index in [2.05, 4.69) is 21.2 Å². The van der Waals surface area contributed by atoms with Gasteiger partial charge in [-0.3, -0.25) is 4.79 Å². The minimum Gasteiger partial charge on any atom is -0.325 e. The number of benzene rings is 1. The van der Waals surface area contributed by atoms with E-state index in [1.807, 2.05) is 39.0 Å². The number of anilines is 1. The molecule has 0 bridgehead atoms. The molecule has 1 atom stereocenters. The van der Waals surface area contributed by atoms with Crippen LogP contribution in [-0.2, 0) is 4.79 Å². The van der Waals surface area contributed by atoms with Gasteiger partial charge in [-0.1, -0.05) is 35.8 Å². The predicted octanol–water partition coefficient (Wildman–Crippen LogP) is 2.68. The van der Waals surface area contributed by atoms with Crippen molar-refractivity contribution in [1.82, 2.24) is 0 Å². The van der Waals surface area contributed by atoms with Gasteiger partial charge < -0.3 is 11.1 Å². The largest absolute Gasteiger partial charge is 0.325 e. The van der Waals surface area contributed by atoms with Gasteiger partial charge in [0.15, 0.2) is 0 Å². The molecule has 0 fully saturated rings. The van der Waals surface area contributed by atoms with Gasteiger partial charge in [0, 0.05) is 10.2 Å². The quantitative estimate of drug-likeness (QED) is 0.897. The molecular formula is C12H17BrN2O. The van der Waals surface area contributed by atoms with E-state index in [1.165, 1.54) is 0 Å². The number of carbonyl (C=O) groups is 1. The lowest BCUT2D eigenvalue weighted by molar-refractivity contribution is -0.118. The van der Waals surface area contributed by atoms with E-state index in [0.29, 0.717) is 0 Å². The van der Waals surface area contributed by atoms with Crippen LogP contribution in [0, 0.1) is 12.8 Å². The summed E-state index contributed by atoms with van der Waals surface area (Å²) >= 11 is 3.42. The normalized spacial score (nSPS) is 12.6.